The first-order valence-electron chi connectivity index (χ1n) is 11.3. The van der Waals surface area contributed by atoms with Crippen molar-refractivity contribution in [3.63, 3.8) is 0 Å². The number of carbonyl (C=O) groups is 1. The molecule has 2 N–H and O–H groups in total. The van der Waals surface area contributed by atoms with Crippen LogP contribution >= 0.6 is 22.9 Å². The molecule has 6 nitrogen and oxygen atoms in total. The molecule has 0 atom stereocenters. The number of piperidine rings is 1. The van der Waals surface area contributed by atoms with Crippen LogP contribution in [0.2, 0.25) is 5.02 Å². The third-order valence-electron chi connectivity index (χ3n) is 6.55. The van der Waals surface area contributed by atoms with Gasteiger partial charge in [-0.15, -0.1) is 11.3 Å². The zero-order valence-corrected chi connectivity index (χ0v) is 19.5. The highest BCUT2D eigenvalue weighted by Crippen LogP contribution is 2.37. The maximum Gasteiger partial charge on any atom is 0.336 e. The van der Waals surface area contributed by atoms with E-state index in [2.05, 4.69) is 20.2 Å². The van der Waals surface area contributed by atoms with Gasteiger partial charge in [0.2, 0.25) is 5.95 Å². The van der Waals surface area contributed by atoms with E-state index in [9.17, 15) is 9.90 Å². The fourth-order valence-corrected chi connectivity index (χ4v) is 5.97. The van der Waals surface area contributed by atoms with Crippen molar-refractivity contribution in [2.24, 2.45) is 5.92 Å². The predicted molar refractivity (Wildman–Crippen MR) is 130 cm³/mol. The molecular weight excluding hydrogens is 444 g/mol. The molecule has 2 fully saturated rings. The molecule has 32 heavy (non-hydrogen) atoms. The summed E-state index contributed by atoms with van der Waals surface area (Å²) in [4.78, 5) is 24.0. The summed E-state index contributed by atoms with van der Waals surface area (Å²) in [5, 5.41) is 14.0. The van der Waals surface area contributed by atoms with Gasteiger partial charge in [0.15, 0.2) is 0 Å². The van der Waals surface area contributed by atoms with Crippen LogP contribution in [0.4, 0.5) is 5.95 Å². The van der Waals surface area contributed by atoms with Gasteiger partial charge in [-0.05, 0) is 75.7 Å². The molecule has 0 bridgehead atoms. The van der Waals surface area contributed by atoms with Crippen molar-refractivity contribution in [2.75, 3.05) is 25.0 Å². The summed E-state index contributed by atoms with van der Waals surface area (Å²) >= 11 is 7.88. The van der Waals surface area contributed by atoms with E-state index in [1.54, 1.807) is 18.3 Å². The number of benzene rings is 1. The third-order valence-corrected chi connectivity index (χ3v) is 7.94. The normalized spacial score (nSPS) is 17.7. The lowest BCUT2D eigenvalue weighted by Gasteiger charge is -2.32. The van der Waals surface area contributed by atoms with Crippen LogP contribution < -0.4 is 5.32 Å². The van der Waals surface area contributed by atoms with Crippen LogP contribution in [0.3, 0.4) is 0 Å². The fraction of sp³-hybridized carbons (Fsp3) is 0.458. The molecule has 0 radical (unpaired) electrons. The van der Waals surface area contributed by atoms with E-state index in [1.165, 1.54) is 56.5 Å². The average molecular weight is 471 g/mol. The Balaban J connectivity index is 1.20. The maximum atomic E-state index is 11.5. The molecule has 1 aromatic carbocycles. The van der Waals surface area contributed by atoms with Crippen molar-refractivity contribution in [3.8, 4) is 10.6 Å². The van der Waals surface area contributed by atoms with Crippen molar-refractivity contribution in [1.82, 2.24) is 14.9 Å². The molecule has 1 aliphatic heterocycles. The molecule has 8 heteroatoms. The lowest BCUT2D eigenvalue weighted by molar-refractivity contribution is 0.0699. The summed E-state index contributed by atoms with van der Waals surface area (Å²) in [6.07, 6.45) is 9.40. The quantitative estimate of drug-likeness (QED) is 0.406. The Hall–Kier alpha value is -2.22. The molecule has 168 valence electrons. The van der Waals surface area contributed by atoms with Crippen LogP contribution in [-0.4, -0.2) is 51.6 Å². The van der Waals surface area contributed by atoms with Crippen molar-refractivity contribution in [1.29, 1.82) is 0 Å². The van der Waals surface area contributed by atoms with Gasteiger partial charge in [0.25, 0.3) is 0 Å². The number of carboxylic acids is 1. The first kappa shape index (κ1) is 21.6. The smallest absolute Gasteiger partial charge is 0.336 e. The molecule has 1 saturated carbocycles. The van der Waals surface area contributed by atoms with E-state index in [1.807, 2.05) is 12.1 Å². The number of hydrogen-bond acceptors (Lipinski definition) is 6. The molecule has 0 amide bonds. The number of nitrogens with one attached hydrogen (secondary N) is 1. The van der Waals surface area contributed by atoms with Crippen molar-refractivity contribution in [2.45, 2.75) is 44.6 Å². The van der Waals surface area contributed by atoms with Gasteiger partial charge in [-0.2, -0.15) is 0 Å². The van der Waals surface area contributed by atoms with Crippen molar-refractivity contribution in [3.05, 3.63) is 41.0 Å². The Morgan fingerprint density at radius 2 is 2.06 bits per heavy atom. The second kappa shape index (κ2) is 9.33. The van der Waals surface area contributed by atoms with E-state index in [4.69, 9.17) is 11.6 Å². The number of carboxylic acid groups (broad SMARTS) is 1. The second-order valence-electron chi connectivity index (χ2n) is 8.80. The lowest BCUT2D eigenvalue weighted by Crippen LogP contribution is -2.35. The Bertz CT molecular complexity index is 1120. The number of halogens is 1. The van der Waals surface area contributed by atoms with E-state index < -0.39 is 5.97 Å². The average Bonchev–Trinajstić information content (AvgIpc) is 3.56. The van der Waals surface area contributed by atoms with Gasteiger partial charge in [0.1, 0.15) is 5.69 Å². The number of aromatic carboxylic acids is 1. The highest BCUT2D eigenvalue weighted by Gasteiger charge is 2.31. The SMILES string of the molecule is O=C(O)c1cccc2sc(-c3nc(NCCCC4CCN(C5CC5)CC4)ncc3Cl)cc12. The fourth-order valence-electron chi connectivity index (χ4n) is 4.63. The molecule has 0 spiro atoms. The number of hydrogen-bond donors (Lipinski definition) is 2. The Labute approximate surface area is 196 Å². The van der Waals surface area contributed by atoms with Crippen molar-refractivity contribution < 1.29 is 9.90 Å². The standard InChI is InChI=1S/C24H27ClN4O2S/c25-19-14-27-24(26-10-2-3-15-8-11-29(12-9-15)16-6-7-16)28-22(19)21-13-18-17(23(30)31)4-1-5-20(18)32-21/h1,4-5,13-16H,2-3,6-12H2,(H,30,31)(H,26,27,28). The molecule has 2 aromatic heterocycles. The molecule has 1 saturated heterocycles. The van der Waals surface area contributed by atoms with Crippen LogP contribution in [0.5, 0.6) is 0 Å². The number of aromatic nitrogens is 2. The highest BCUT2D eigenvalue weighted by atomic mass is 35.5. The lowest BCUT2D eigenvalue weighted by atomic mass is 9.92. The molecule has 2 aliphatic rings. The number of fused-ring (bicyclic) bond motifs is 1. The Morgan fingerprint density at radius 1 is 1.25 bits per heavy atom. The number of rotatable bonds is 8. The summed E-state index contributed by atoms with van der Waals surface area (Å²) in [6, 6.07) is 8.04. The van der Waals surface area contributed by atoms with Gasteiger partial charge in [-0.1, -0.05) is 17.7 Å². The van der Waals surface area contributed by atoms with Gasteiger partial charge >= 0.3 is 5.97 Å². The minimum absolute atomic E-state index is 0.288. The zero-order chi connectivity index (χ0) is 22.1. The molecular formula is C24H27ClN4O2S. The van der Waals surface area contributed by atoms with Crippen molar-refractivity contribution >= 4 is 44.9 Å². The Morgan fingerprint density at radius 3 is 2.81 bits per heavy atom. The zero-order valence-electron chi connectivity index (χ0n) is 17.9. The van der Waals surface area contributed by atoms with E-state index in [-0.39, 0.29) is 5.56 Å². The van der Waals surface area contributed by atoms with Crippen LogP contribution in [-0.2, 0) is 0 Å². The second-order valence-corrected chi connectivity index (χ2v) is 10.3. The van der Waals surface area contributed by atoms with Gasteiger partial charge < -0.3 is 15.3 Å². The first-order chi connectivity index (χ1) is 15.6. The summed E-state index contributed by atoms with van der Waals surface area (Å²) in [6.45, 7) is 3.37. The predicted octanol–water partition coefficient (Wildman–Crippen LogP) is 5.78. The molecule has 3 aromatic rings. The Kier molecular flexibility index (Phi) is 6.31. The molecule has 5 rings (SSSR count). The van der Waals surface area contributed by atoms with Gasteiger partial charge in [-0.3, -0.25) is 0 Å². The van der Waals surface area contributed by atoms with Gasteiger partial charge in [0, 0.05) is 22.7 Å². The topological polar surface area (TPSA) is 78.3 Å². The van der Waals surface area contributed by atoms with Crippen LogP contribution in [0.15, 0.2) is 30.5 Å². The summed E-state index contributed by atoms with van der Waals surface area (Å²) in [7, 11) is 0. The molecule has 0 unspecified atom stereocenters. The largest absolute Gasteiger partial charge is 0.478 e. The first-order valence-corrected chi connectivity index (χ1v) is 12.5. The van der Waals surface area contributed by atoms with Crippen LogP contribution in [0.1, 0.15) is 48.9 Å². The molecule has 1 aliphatic carbocycles. The van der Waals surface area contributed by atoms with Crippen LogP contribution in [0.25, 0.3) is 20.7 Å². The van der Waals surface area contributed by atoms with E-state index in [0.717, 1.165) is 34.5 Å². The van der Waals surface area contributed by atoms with E-state index in [0.29, 0.717) is 22.1 Å². The monoisotopic (exact) mass is 470 g/mol. The number of anilines is 1. The van der Waals surface area contributed by atoms with Crippen LogP contribution in [0, 0.1) is 5.92 Å². The maximum absolute atomic E-state index is 11.5. The van der Waals surface area contributed by atoms with Gasteiger partial charge in [-0.25, -0.2) is 14.8 Å². The summed E-state index contributed by atoms with van der Waals surface area (Å²) < 4.78 is 0.900. The van der Waals surface area contributed by atoms with E-state index >= 15 is 0 Å². The number of nitrogens with zero attached hydrogens (tertiary/aromatic N) is 3. The summed E-state index contributed by atoms with van der Waals surface area (Å²) in [5.41, 5.74) is 0.922. The molecule has 3 heterocycles. The minimum Gasteiger partial charge on any atom is -0.478 e. The number of thiophene rings is 1. The summed E-state index contributed by atoms with van der Waals surface area (Å²) in [5.74, 6) is 0.452. The minimum atomic E-state index is -0.936. The number of likely N-dealkylation sites (tertiary alicyclic amines) is 1. The highest BCUT2D eigenvalue weighted by molar-refractivity contribution is 7.22. The third kappa shape index (κ3) is 4.75. The van der Waals surface area contributed by atoms with Gasteiger partial charge in [0.05, 0.1) is 21.7 Å².